The van der Waals surface area contributed by atoms with E-state index in [1.807, 2.05) is 20.8 Å². The van der Waals surface area contributed by atoms with Crippen LogP contribution in [-0.2, 0) is 19.1 Å². The van der Waals surface area contributed by atoms with Gasteiger partial charge < -0.3 is 24.7 Å². The number of aliphatic carboxylic acids is 1. The summed E-state index contributed by atoms with van der Waals surface area (Å²) in [6.07, 6.45) is 2.80. The summed E-state index contributed by atoms with van der Waals surface area (Å²) in [7, 11) is 0. The van der Waals surface area contributed by atoms with E-state index in [-0.39, 0.29) is 36.9 Å². The minimum atomic E-state index is -1.22. The van der Waals surface area contributed by atoms with E-state index in [0.29, 0.717) is 12.8 Å². The van der Waals surface area contributed by atoms with Crippen LogP contribution in [0.4, 0.5) is 0 Å². The van der Waals surface area contributed by atoms with Gasteiger partial charge in [0.1, 0.15) is 17.6 Å². The maximum absolute atomic E-state index is 14.3. The number of hydrogen-bond donors (Lipinski definition) is 2. The Morgan fingerprint density at radius 3 is 2.39 bits per heavy atom. The van der Waals surface area contributed by atoms with Gasteiger partial charge in [-0.25, -0.2) is 0 Å². The van der Waals surface area contributed by atoms with Gasteiger partial charge in [-0.05, 0) is 44.9 Å². The summed E-state index contributed by atoms with van der Waals surface area (Å²) in [5, 5.41) is 19.8. The van der Waals surface area contributed by atoms with Gasteiger partial charge >= 0.3 is 5.97 Å². The van der Waals surface area contributed by atoms with E-state index in [2.05, 4.69) is 27.4 Å². The molecule has 0 aromatic rings. The third kappa shape index (κ3) is 3.79. The zero-order valence-electron chi connectivity index (χ0n) is 21.1. The molecule has 0 aromatic heterocycles. The molecular formula is C25H40N2O6. The molecule has 3 fully saturated rings. The van der Waals surface area contributed by atoms with E-state index in [4.69, 9.17) is 4.74 Å². The van der Waals surface area contributed by atoms with Crippen molar-refractivity contribution in [3.8, 4) is 0 Å². The first-order valence-electron chi connectivity index (χ1n) is 11.8. The number of aliphatic hydroxyl groups excluding tert-OH is 1. The van der Waals surface area contributed by atoms with Crippen LogP contribution in [0.3, 0.4) is 0 Å². The number of amides is 2. The summed E-state index contributed by atoms with van der Waals surface area (Å²) in [5.74, 6) is -3.91. The molecule has 0 radical (unpaired) electrons. The number of carbonyl (C=O) groups is 3. The van der Waals surface area contributed by atoms with E-state index >= 15 is 0 Å². The molecule has 3 rings (SSSR count). The molecule has 6 atom stereocenters. The second-order valence-electron chi connectivity index (χ2n) is 12.1. The molecule has 186 valence electrons. The van der Waals surface area contributed by atoms with Crippen molar-refractivity contribution in [1.29, 1.82) is 0 Å². The van der Waals surface area contributed by atoms with E-state index in [1.165, 1.54) is 4.90 Å². The average molecular weight is 465 g/mol. The summed E-state index contributed by atoms with van der Waals surface area (Å²) >= 11 is 0. The zero-order valence-corrected chi connectivity index (χ0v) is 21.1. The van der Waals surface area contributed by atoms with Gasteiger partial charge in [0.2, 0.25) is 11.8 Å². The SMILES string of the molecule is C=CCN(C(=O)C1N(CCO)C(=O)[C@@H]2[C@H](C(=O)O)[C@@]3(C)OC12CC3C)C(C)(C)CC(C)(C)C. The number of likely N-dealkylation sites (tertiary alicyclic amines) is 1. The van der Waals surface area contributed by atoms with Crippen molar-refractivity contribution in [2.75, 3.05) is 19.7 Å². The number of carboxylic acids is 1. The van der Waals surface area contributed by atoms with Crippen LogP contribution < -0.4 is 0 Å². The molecule has 8 heteroatoms. The van der Waals surface area contributed by atoms with Gasteiger partial charge in [-0.1, -0.05) is 33.8 Å². The van der Waals surface area contributed by atoms with Gasteiger partial charge in [-0.2, -0.15) is 0 Å². The third-order valence-electron chi connectivity index (χ3n) is 7.93. The van der Waals surface area contributed by atoms with Gasteiger partial charge in [0, 0.05) is 18.6 Å². The van der Waals surface area contributed by atoms with Crippen LogP contribution in [0.1, 0.15) is 61.3 Å². The first-order chi connectivity index (χ1) is 15.1. The molecule has 3 unspecified atom stereocenters. The molecule has 0 aromatic carbocycles. The van der Waals surface area contributed by atoms with Gasteiger partial charge in [0.05, 0.1) is 18.1 Å². The first-order valence-corrected chi connectivity index (χ1v) is 11.8. The lowest BCUT2D eigenvalue weighted by Gasteiger charge is -2.45. The summed E-state index contributed by atoms with van der Waals surface area (Å²) < 4.78 is 6.48. The van der Waals surface area contributed by atoms with Crippen molar-refractivity contribution in [3.05, 3.63) is 12.7 Å². The van der Waals surface area contributed by atoms with Crippen LogP contribution in [0.5, 0.6) is 0 Å². The summed E-state index contributed by atoms with van der Waals surface area (Å²) in [6, 6.07) is -0.991. The van der Waals surface area contributed by atoms with Gasteiger partial charge in [0.15, 0.2) is 0 Å². The van der Waals surface area contributed by atoms with Crippen LogP contribution in [-0.4, -0.2) is 80.3 Å². The van der Waals surface area contributed by atoms with Crippen molar-refractivity contribution in [3.63, 3.8) is 0 Å². The summed E-state index contributed by atoms with van der Waals surface area (Å²) in [4.78, 5) is 43.3. The van der Waals surface area contributed by atoms with E-state index in [9.17, 15) is 24.6 Å². The van der Waals surface area contributed by atoms with Crippen molar-refractivity contribution in [2.45, 2.75) is 84.1 Å². The number of rotatable bonds is 8. The Bertz CT molecular complexity index is 848. The molecular weight excluding hydrogens is 424 g/mol. The number of β-amino-alcohol motifs (C(OH)–C–C–N with tert-alkyl or cyclic N) is 1. The Morgan fingerprint density at radius 1 is 1.30 bits per heavy atom. The number of carbonyl (C=O) groups excluding carboxylic acids is 2. The fourth-order valence-electron chi connectivity index (χ4n) is 7.05. The predicted molar refractivity (Wildman–Crippen MR) is 123 cm³/mol. The molecule has 2 bridgehead atoms. The molecule has 33 heavy (non-hydrogen) atoms. The van der Waals surface area contributed by atoms with Crippen molar-refractivity contribution >= 4 is 17.8 Å². The lowest BCUT2D eigenvalue weighted by Crippen LogP contribution is -2.61. The summed E-state index contributed by atoms with van der Waals surface area (Å²) in [5.41, 5.74) is -2.86. The number of hydrogen-bond acceptors (Lipinski definition) is 5. The van der Waals surface area contributed by atoms with E-state index in [0.717, 1.165) is 0 Å². The lowest BCUT2D eigenvalue weighted by molar-refractivity contribution is -0.160. The maximum Gasteiger partial charge on any atom is 0.310 e. The Hall–Kier alpha value is -1.93. The predicted octanol–water partition coefficient (Wildman–Crippen LogP) is 2.30. The van der Waals surface area contributed by atoms with Crippen molar-refractivity contribution < 1.29 is 29.3 Å². The fraction of sp³-hybridized carbons (Fsp3) is 0.800. The molecule has 3 aliphatic rings. The van der Waals surface area contributed by atoms with Gasteiger partial charge in [-0.3, -0.25) is 14.4 Å². The average Bonchev–Trinajstić information content (AvgIpc) is 3.15. The van der Waals surface area contributed by atoms with E-state index < -0.39 is 46.5 Å². The maximum atomic E-state index is 14.3. The van der Waals surface area contributed by atoms with Crippen molar-refractivity contribution in [1.82, 2.24) is 9.80 Å². The molecule has 1 spiro atoms. The molecule has 3 saturated heterocycles. The fourth-order valence-corrected chi connectivity index (χ4v) is 7.05. The highest BCUT2D eigenvalue weighted by Crippen LogP contribution is 2.65. The second kappa shape index (κ2) is 8.08. The zero-order chi connectivity index (χ0) is 25.1. The van der Waals surface area contributed by atoms with E-state index in [1.54, 1.807) is 17.9 Å². The standard InChI is InChI=1S/C25H40N2O6/c1-9-10-27(23(6,7)14-22(3,4)5)20(30)18-25-13-15(2)24(8,33-25)17(21(31)32)16(25)19(29)26(18)11-12-28/h9,15-18,28H,1,10-14H2,2-8H3,(H,31,32)/t15?,16-,17+,18?,24-,25?/m0/s1. The van der Waals surface area contributed by atoms with Crippen molar-refractivity contribution in [2.24, 2.45) is 23.2 Å². The van der Waals surface area contributed by atoms with Crippen LogP contribution in [0.25, 0.3) is 0 Å². The Kier molecular flexibility index (Phi) is 6.29. The Morgan fingerprint density at radius 2 is 1.91 bits per heavy atom. The first kappa shape index (κ1) is 25.7. The van der Waals surface area contributed by atoms with Crippen LogP contribution in [0.2, 0.25) is 0 Å². The quantitative estimate of drug-likeness (QED) is 0.534. The largest absolute Gasteiger partial charge is 0.481 e. The minimum Gasteiger partial charge on any atom is -0.481 e. The molecule has 2 amide bonds. The van der Waals surface area contributed by atoms with Gasteiger partial charge in [0.25, 0.3) is 0 Å². The number of aliphatic hydroxyl groups is 1. The molecule has 0 saturated carbocycles. The van der Waals surface area contributed by atoms with Gasteiger partial charge in [-0.15, -0.1) is 6.58 Å². The molecule has 3 aliphatic heterocycles. The second-order valence-corrected chi connectivity index (χ2v) is 12.1. The minimum absolute atomic E-state index is 0.0457. The third-order valence-corrected chi connectivity index (χ3v) is 7.93. The number of ether oxygens (including phenoxy) is 1. The highest BCUT2D eigenvalue weighted by molar-refractivity contribution is 5.98. The van der Waals surface area contributed by atoms with Crippen LogP contribution in [0.15, 0.2) is 12.7 Å². The highest BCUT2D eigenvalue weighted by Gasteiger charge is 2.80. The Balaban J connectivity index is 2.12. The smallest absolute Gasteiger partial charge is 0.310 e. The molecule has 3 heterocycles. The Labute approximate surface area is 196 Å². The molecule has 8 nitrogen and oxygen atoms in total. The molecule has 0 aliphatic carbocycles. The summed E-state index contributed by atoms with van der Waals surface area (Å²) in [6.45, 7) is 17.8. The number of nitrogens with zero attached hydrogens (tertiary/aromatic N) is 2. The normalized spacial score (nSPS) is 35.6. The number of fused-ring (bicyclic) bond motifs is 1. The molecule has 2 N–H and O–H groups in total. The topological polar surface area (TPSA) is 107 Å². The lowest BCUT2D eigenvalue weighted by atomic mass is 9.62. The van der Waals surface area contributed by atoms with Crippen LogP contribution in [0, 0.1) is 23.2 Å². The van der Waals surface area contributed by atoms with Crippen LogP contribution >= 0.6 is 0 Å². The number of carboxylic acid groups (broad SMARTS) is 1. The monoisotopic (exact) mass is 464 g/mol. The highest BCUT2D eigenvalue weighted by atomic mass is 16.5.